The van der Waals surface area contributed by atoms with E-state index in [2.05, 4.69) is 43.5 Å². The van der Waals surface area contributed by atoms with E-state index in [0.29, 0.717) is 12.8 Å². The van der Waals surface area contributed by atoms with Gasteiger partial charge in [0.1, 0.15) is 12.2 Å². The highest BCUT2D eigenvalue weighted by molar-refractivity contribution is 5.80. The average molecular weight is 1030 g/mol. The van der Waals surface area contributed by atoms with E-state index in [9.17, 15) is 25.2 Å². The molecular formula is C67H131NO5. The molecule has 0 saturated heterocycles. The topological polar surface area (TPSA) is 110 Å². The highest BCUT2D eigenvalue weighted by atomic mass is 16.3. The van der Waals surface area contributed by atoms with E-state index in [1.165, 1.54) is 295 Å². The summed E-state index contributed by atoms with van der Waals surface area (Å²) in [5.74, 6) is -0.578. The van der Waals surface area contributed by atoms with Gasteiger partial charge in [0, 0.05) is 0 Å². The third kappa shape index (κ3) is 55.4. The van der Waals surface area contributed by atoms with Gasteiger partial charge in [-0.1, -0.05) is 346 Å². The van der Waals surface area contributed by atoms with Crippen LogP contribution >= 0.6 is 0 Å². The van der Waals surface area contributed by atoms with Crippen LogP contribution in [0.2, 0.25) is 0 Å². The third-order valence-electron chi connectivity index (χ3n) is 15.9. The normalized spacial score (nSPS) is 13.7. The molecule has 6 nitrogen and oxygen atoms in total. The molecule has 6 heteroatoms. The fraction of sp³-hybridized carbons (Fsp3) is 0.925. The van der Waals surface area contributed by atoms with Crippen LogP contribution in [0.5, 0.6) is 0 Å². The molecule has 0 aliphatic carbocycles. The molecule has 4 unspecified atom stereocenters. The zero-order valence-electron chi connectivity index (χ0n) is 49.4. The van der Waals surface area contributed by atoms with Crippen molar-refractivity contribution < 1.29 is 25.2 Å². The van der Waals surface area contributed by atoms with Crippen LogP contribution in [0.3, 0.4) is 0 Å². The summed E-state index contributed by atoms with van der Waals surface area (Å²) in [7, 11) is 0. The first-order valence-corrected chi connectivity index (χ1v) is 33.2. The Morgan fingerprint density at radius 1 is 0.342 bits per heavy atom. The number of carbonyl (C=O) groups excluding carboxylic acids is 1. The smallest absolute Gasteiger partial charge is 0.249 e. The van der Waals surface area contributed by atoms with Crippen LogP contribution in [0.4, 0.5) is 0 Å². The predicted molar refractivity (Wildman–Crippen MR) is 321 cm³/mol. The van der Waals surface area contributed by atoms with Crippen molar-refractivity contribution in [3.63, 3.8) is 0 Å². The zero-order chi connectivity index (χ0) is 53.0. The molecule has 0 rings (SSSR count). The molecular weight excluding hydrogens is 899 g/mol. The summed E-state index contributed by atoms with van der Waals surface area (Å²) in [4.78, 5) is 12.6. The molecule has 5 N–H and O–H groups in total. The van der Waals surface area contributed by atoms with Gasteiger partial charge in [0.2, 0.25) is 5.91 Å². The van der Waals surface area contributed by atoms with Gasteiger partial charge in [-0.05, 0) is 44.9 Å². The van der Waals surface area contributed by atoms with Crippen molar-refractivity contribution in [2.75, 3.05) is 6.61 Å². The van der Waals surface area contributed by atoms with E-state index < -0.39 is 36.9 Å². The molecule has 0 aliphatic heterocycles. The predicted octanol–water partition coefficient (Wildman–Crippen LogP) is 20.2. The van der Waals surface area contributed by atoms with E-state index in [1.54, 1.807) is 0 Å². The van der Waals surface area contributed by atoms with Gasteiger partial charge in [-0.2, -0.15) is 0 Å². The first-order valence-electron chi connectivity index (χ1n) is 33.2. The maximum Gasteiger partial charge on any atom is 0.249 e. The maximum atomic E-state index is 12.6. The SMILES string of the molecule is CCCCCCCCCCCCCCCCC/C=C\C/C=C\CCCCCCCCCCCCCCCCCCC(O)C(=O)NC(CO)C(O)C(O)CCCCCCCCCCCCCCCCCCCCC. The van der Waals surface area contributed by atoms with Gasteiger partial charge in [-0.25, -0.2) is 0 Å². The molecule has 4 atom stereocenters. The Morgan fingerprint density at radius 2 is 0.589 bits per heavy atom. The highest BCUT2D eigenvalue weighted by Gasteiger charge is 2.28. The van der Waals surface area contributed by atoms with Crippen LogP contribution in [-0.4, -0.2) is 57.3 Å². The number of aliphatic hydroxyl groups excluding tert-OH is 4. The summed E-state index contributed by atoms with van der Waals surface area (Å²) in [5, 5.41) is 44.1. The molecule has 0 aromatic heterocycles. The summed E-state index contributed by atoms with van der Waals surface area (Å²) in [5.41, 5.74) is 0. The summed E-state index contributed by atoms with van der Waals surface area (Å²) in [6, 6.07) is -0.985. The maximum absolute atomic E-state index is 12.6. The van der Waals surface area contributed by atoms with Crippen molar-refractivity contribution in [3.05, 3.63) is 24.3 Å². The number of hydrogen-bond donors (Lipinski definition) is 5. The second kappa shape index (κ2) is 61.6. The standard InChI is InChI=1S/C67H131NO5/c1-3-5-7-9-11-13-15-17-19-21-23-24-25-26-27-28-29-30-31-32-33-34-35-36-37-38-39-40-41-43-45-47-49-51-53-55-57-59-61-65(71)67(73)68-63(62-69)66(72)64(70)60-58-56-54-52-50-48-46-44-42-22-20-18-16-14-12-10-8-6-4-2/h29-30,32-33,63-66,69-72H,3-28,31,34-62H2,1-2H3,(H,68,73)/b30-29-,33-32-. The van der Waals surface area contributed by atoms with E-state index in [1.807, 2.05) is 0 Å². The van der Waals surface area contributed by atoms with E-state index in [0.717, 1.165) is 44.9 Å². The molecule has 0 fully saturated rings. The van der Waals surface area contributed by atoms with Gasteiger partial charge in [-0.3, -0.25) is 4.79 Å². The molecule has 0 saturated carbocycles. The van der Waals surface area contributed by atoms with Gasteiger partial charge in [0.15, 0.2) is 0 Å². The van der Waals surface area contributed by atoms with E-state index in [-0.39, 0.29) is 0 Å². The fourth-order valence-electron chi connectivity index (χ4n) is 10.7. The highest BCUT2D eigenvalue weighted by Crippen LogP contribution is 2.19. The fourth-order valence-corrected chi connectivity index (χ4v) is 10.7. The minimum absolute atomic E-state index is 0.372. The van der Waals surface area contributed by atoms with Gasteiger partial charge >= 0.3 is 0 Å². The number of allylic oxidation sites excluding steroid dienone is 4. The Bertz CT molecular complexity index is 1110. The lowest BCUT2D eigenvalue weighted by Crippen LogP contribution is -2.53. The molecule has 0 bridgehead atoms. The molecule has 0 spiro atoms. The monoisotopic (exact) mass is 1030 g/mol. The van der Waals surface area contributed by atoms with Crippen LogP contribution < -0.4 is 5.32 Å². The van der Waals surface area contributed by atoms with Crippen LogP contribution in [0.25, 0.3) is 0 Å². The number of unbranched alkanes of at least 4 members (excludes halogenated alkanes) is 49. The molecule has 0 aliphatic rings. The molecule has 0 heterocycles. The van der Waals surface area contributed by atoms with E-state index in [4.69, 9.17) is 0 Å². The zero-order valence-corrected chi connectivity index (χ0v) is 49.4. The molecule has 0 radical (unpaired) electrons. The van der Waals surface area contributed by atoms with Crippen LogP contribution in [0.1, 0.15) is 367 Å². The number of hydrogen-bond acceptors (Lipinski definition) is 5. The second-order valence-corrected chi connectivity index (χ2v) is 23.2. The first kappa shape index (κ1) is 71.8. The lowest BCUT2D eigenvalue weighted by Gasteiger charge is -2.27. The Kier molecular flexibility index (Phi) is 60.6. The lowest BCUT2D eigenvalue weighted by atomic mass is 9.99. The molecule has 0 aromatic carbocycles. The molecule has 73 heavy (non-hydrogen) atoms. The van der Waals surface area contributed by atoms with E-state index >= 15 is 0 Å². The van der Waals surface area contributed by atoms with Gasteiger partial charge in [0.25, 0.3) is 0 Å². The van der Waals surface area contributed by atoms with Crippen LogP contribution in [0.15, 0.2) is 24.3 Å². The Balaban J connectivity index is 3.53. The largest absolute Gasteiger partial charge is 0.394 e. The summed E-state index contributed by atoms with van der Waals surface area (Å²) < 4.78 is 0. The lowest BCUT2D eigenvalue weighted by molar-refractivity contribution is -0.132. The Labute approximate surface area is 456 Å². The number of amides is 1. The van der Waals surface area contributed by atoms with Gasteiger partial charge in [0.05, 0.1) is 18.8 Å². The summed E-state index contributed by atoms with van der Waals surface area (Å²) in [6.45, 7) is 4.10. The minimum atomic E-state index is -1.26. The van der Waals surface area contributed by atoms with Crippen molar-refractivity contribution in [3.8, 4) is 0 Å². The van der Waals surface area contributed by atoms with Crippen molar-refractivity contribution in [2.24, 2.45) is 0 Å². The van der Waals surface area contributed by atoms with Crippen molar-refractivity contribution in [2.45, 2.75) is 391 Å². The van der Waals surface area contributed by atoms with Gasteiger partial charge < -0.3 is 25.7 Å². The second-order valence-electron chi connectivity index (χ2n) is 23.2. The number of nitrogens with one attached hydrogen (secondary N) is 1. The van der Waals surface area contributed by atoms with Crippen LogP contribution in [-0.2, 0) is 4.79 Å². The summed E-state index contributed by atoms with van der Waals surface area (Å²) >= 11 is 0. The average Bonchev–Trinajstić information content (AvgIpc) is 3.40. The molecule has 434 valence electrons. The number of aliphatic hydroxyl groups is 4. The minimum Gasteiger partial charge on any atom is -0.394 e. The Morgan fingerprint density at radius 3 is 0.863 bits per heavy atom. The van der Waals surface area contributed by atoms with Crippen molar-refractivity contribution >= 4 is 5.91 Å². The Hall–Kier alpha value is -1.21. The molecule has 1 amide bonds. The van der Waals surface area contributed by atoms with Gasteiger partial charge in [-0.15, -0.1) is 0 Å². The van der Waals surface area contributed by atoms with Crippen molar-refractivity contribution in [1.29, 1.82) is 0 Å². The number of carbonyl (C=O) groups is 1. The quantitative estimate of drug-likeness (QED) is 0.0308. The van der Waals surface area contributed by atoms with Crippen molar-refractivity contribution in [1.82, 2.24) is 5.32 Å². The molecule has 0 aromatic rings. The third-order valence-corrected chi connectivity index (χ3v) is 15.9. The summed E-state index contributed by atoms with van der Waals surface area (Å²) in [6.07, 6.45) is 77.2. The number of rotatable bonds is 62. The van der Waals surface area contributed by atoms with Crippen LogP contribution in [0, 0.1) is 0 Å². The first-order chi connectivity index (χ1) is 36.0.